The molecule has 4 rings (SSSR count). The minimum atomic E-state index is 0.0324. The third kappa shape index (κ3) is 3.76. The van der Waals surface area contributed by atoms with Gasteiger partial charge in [-0.2, -0.15) is 0 Å². The highest BCUT2D eigenvalue weighted by atomic mass is 32.2. The lowest BCUT2D eigenvalue weighted by atomic mass is 10.1. The zero-order valence-corrected chi connectivity index (χ0v) is 16.0. The molecule has 27 heavy (non-hydrogen) atoms. The van der Waals surface area contributed by atoms with Crippen molar-refractivity contribution in [2.45, 2.75) is 18.7 Å². The number of aryl methyl sites for hydroxylation is 1. The summed E-state index contributed by atoms with van der Waals surface area (Å²) in [6.45, 7) is 3.95. The predicted octanol–water partition coefficient (Wildman–Crippen LogP) is 6.42. The van der Waals surface area contributed by atoms with Gasteiger partial charge < -0.3 is 10.1 Å². The fourth-order valence-electron chi connectivity index (χ4n) is 2.88. The molecule has 0 spiro atoms. The number of nitrogens with one attached hydrogen (secondary N) is 1. The van der Waals surface area contributed by atoms with E-state index in [4.69, 9.17) is 4.74 Å². The summed E-state index contributed by atoms with van der Waals surface area (Å²) in [5.41, 5.74) is 3.69. The van der Waals surface area contributed by atoms with E-state index < -0.39 is 0 Å². The number of hydrogen-bond donors (Lipinski definition) is 1. The molecule has 0 fully saturated rings. The number of fused-ring (bicyclic) bond motifs is 1. The summed E-state index contributed by atoms with van der Waals surface area (Å²) in [5.74, 6) is 1.56. The van der Waals surface area contributed by atoms with Crippen LogP contribution in [0.25, 0.3) is 0 Å². The number of anilines is 1. The number of benzene rings is 3. The zero-order valence-electron chi connectivity index (χ0n) is 15.2. The maximum Gasteiger partial charge on any atom is 0.201 e. The number of ketones is 1. The number of hydrogen-bond acceptors (Lipinski definition) is 4. The molecule has 0 saturated heterocycles. The lowest BCUT2D eigenvalue weighted by Gasteiger charge is -2.22. The quantitative estimate of drug-likeness (QED) is 0.536. The van der Waals surface area contributed by atoms with E-state index in [-0.39, 0.29) is 5.78 Å². The Hall–Kier alpha value is -2.98. The third-order valence-electron chi connectivity index (χ3n) is 4.33. The van der Waals surface area contributed by atoms with Crippen LogP contribution in [0.5, 0.6) is 11.5 Å². The summed E-state index contributed by atoms with van der Waals surface area (Å²) in [7, 11) is 0. The van der Waals surface area contributed by atoms with Crippen molar-refractivity contribution in [1.29, 1.82) is 0 Å². The molecule has 0 atom stereocenters. The zero-order chi connectivity index (χ0) is 18.8. The molecule has 0 aromatic heterocycles. The van der Waals surface area contributed by atoms with E-state index in [1.165, 1.54) is 11.8 Å². The van der Waals surface area contributed by atoms with Crippen LogP contribution in [0.4, 0.5) is 5.69 Å². The average molecular weight is 373 g/mol. The van der Waals surface area contributed by atoms with Gasteiger partial charge in [0.25, 0.3) is 0 Å². The molecule has 0 saturated carbocycles. The van der Waals surface area contributed by atoms with Crippen LogP contribution in [0.3, 0.4) is 0 Å². The Bertz CT molecular complexity index is 1020. The van der Waals surface area contributed by atoms with Crippen LogP contribution in [-0.4, -0.2) is 5.78 Å². The van der Waals surface area contributed by atoms with Crippen molar-refractivity contribution in [3.63, 3.8) is 0 Å². The lowest BCUT2D eigenvalue weighted by Crippen LogP contribution is -2.12. The van der Waals surface area contributed by atoms with Crippen LogP contribution < -0.4 is 10.1 Å². The first kappa shape index (κ1) is 17.4. The maximum atomic E-state index is 13.0. The Morgan fingerprint density at radius 1 is 0.889 bits per heavy atom. The topological polar surface area (TPSA) is 38.3 Å². The van der Waals surface area contributed by atoms with E-state index in [9.17, 15) is 4.79 Å². The van der Waals surface area contributed by atoms with Crippen molar-refractivity contribution in [3.8, 4) is 11.5 Å². The van der Waals surface area contributed by atoms with E-state index in [1.807, 2.05) is 86.6 Å². The molecule has 3 aromatic rings. The van der Waals surface area contributed by atoms with Gasteiger partial charge in [-0.05, 0) is 44.2 Å². The molecule has 1 N–H and O–H groups in total. The van der Waals surface area contributed by atoms with Crippen molar-refractivity contribution < 1.29 is 9.53 Å². The largest absolute Gasteiger partial charge is 0.457 e. The molecule has 0 unspecified atom stereocenters. The Morgan fingerprint density at radius 3 is 2.37 bits per heavy atom. The number of carbonyl (C=O) groups excluding carboxylic acids is 1. The van der Waals surface area contributed by atoms with Crippen molar-refractivity contribution in [3.05, 3.63) is 94.5 Å². The molecule has 0 amide bonds. The molecular weight excluding hydrogens is 354 g/mol. The SMILES string of the molecule is CC1=C(C(=O)c2ccc(C)cc2)Sc2cc(Oc3ccccc3)ccc2N1. The first-order valence-corrected chi connectivity index (χ1v) is 9.56. The van der Waals surface area contributed by atoms with Crippen LogP contribution in [-0.2, 0) is 0 Å². The van der Waals surface area contributed by atoms with Gasteiger partial charge in [0, 0.05) is 16.2 Å². The first-order valence-electron chi connectivity index (χ1n) is 8.74. The van der Waals surface area contributed by atoms with E-state index in [1.54, 1.807) is 0 Å². The van der Waals surface area contributed by atoms with Crippen molar-refractivity contribution in [2.24, 2.45) is 0 Å². The van der Waals surface area contributed by atoms with Crippen LogP contribution in [0.15, 0.2) is 88.3 Å². The van der Waals surface area contributed by atoms with E-state index >= 15 is 0 Å². The van der Waals surface area contributed by atoms with Gasteiger partial charge >= 0.3 is 0 Å². The molecule has 1 aliphatic rings. The second kappa shape index (κ2) is 7.33. The van der Waals surface area contributed by atoms with Gasteiger partial charge in [0.05, 0.1) is 10.6 Å². The van der Waals surface area contributed by atoms with E-state index in [0.29, 0.717) is 10.5 Å². The summed E-state index contributed by atoms with van der Waals surface area (Å²) < 4.78 is 5.92. The minimum absolute atomic E-state index is 0.0324. The Morgan fingerprint density at radius 2 is 1.63 bits per heavy atom. The third-order valence-corrected chi connectivity index (χ3v) is 5.58. The van der Waals surface area contributed by atoms with Gasteiger partial charge in [-0.25, -0.2) is 0 Å². The number of Topliss-reactive ketones (excluding diaryl/α,β-unsaturated/α-hetero) is 1. The highest BCUT2D eigenvalue weighted by molar-refractivity contribution is 8.04. The molecule has 1 heterocycles. The number of ether oxygens (including phenoxy) is 1. The second-order valence-electron chi connectivity index (χ2n) is 6.45. The van der Waals surface area contributed by atoms with Crippen molar-refractivity contribution in [2.75, 3.05) is 5.32 Å². The molecule has 0 bridgehead atoms. The number of rotatable bonds is 4. The van der Waals surface area contributed by atoms with Crippen molar-refractivity contribution in [1.82, 2.24) is 0 Å². The smallest absolute Gasteiger partial charge is 0.201 e. The number of carbonyl (C=O) groups is 1. The summed E-state index contributed by atoms with van der Waals surface area (Å²) in [4.78, 5) is 14.6. The molecule has 1 aliphatic heterocycles. The average Bonchev–Trinajstić information content (AvgIpc) is 2.68. The summed E-state index contributed by atoms with van der Waals surface area (Å²) >= 11 is 1.48. The van der Waals surface area contributed by atoms with Crippen LogP contribution >= 0.6 is 11.8 Å². The molecule has 3 nitrogen and oxygen atoms in total. The van der Waals surface area contributed by atoms with Gasteiger partial charge in [0.1, 0.15) is 11.5 Å². The van der Waals surface area contributed by atoms with E-state index in [0.717, 1.165) is 33.3 Å². The van der Waals surface area contributed by atoms with Gasteiger partial charge in [-0.15, -0.1) is 0 Å². The highest BCUT2D eigenvalue weighted by Crippen LogP contribution is 2.43. The standard InChI is InChI=1S/C23H19NO2S/c1-15-8-10-17(11-9-15)22(25)23-16(2)24-20-13-12-19(14-21(20)27-23)26-18-6-4-3-5-7-18/h3-14,24H,1-2H3. The first-order chi connectivity index (χ1) is 13.1. The normalized spacial score (nSPS) is 13.0. The highest BCUT2D eigenvalue weighted by Gasteiger charge is 2.23. The molecule has 3 aromatic carbocycles. The van der Waals surface area contributed by atoms with Crippen LogP contribution in [0.2, 0.25) is 0 Å². The fraction of sp³-hybridized carbons (Fsp3) is 0.0870. The number of thioether (sulfide) groups is 1. The molecule has 4 heteroatoms. The summed E-state index contributed by atoms with van der Waals surface area (Å²) in [6, 6.07) is 23.2. The van der Waals surface area contributed by atoms with Gasteiger partial charge in [0.15, 0.2) is 0 Å². The predicted molar refractivity (Wildman–Crippen MR) is 111 cm³/mol. The Kier molecular flexibility index (Phi) is 4.73. The molecular formula is C23H19NO2S. The van der Waals surface area contributed by atoms with Crippen LogP contribution in [0.1, 0.15) is 22.8 Å². The summed E-state index contributed by atoms with van der Waals surface area (Å²) in [5, 5.41) is 3.35. The Balaban J connectivity index is 1.59. The monoisotopic (exact) mass is 373 g/mol. The minimum Gasteiger partial charge on any atom is -0.457 e. The van der Waals surface area contributed by atoms with Gasteiger partial charge in [0.2, 0.25) is 5.78 Å². The molecule has 0 radical (unpaired) electrons. The summed E-state index contributed by atoms with van der Waals surface area (Å²) in [6.07, 6.45) is 0. The van der Waals surface area contributed by atoms with Gasteiger partial charge in [-0.3, -0.25) is 4.79 Å². The van der Waals surface area contributed by atoms with Crippen LogP contribution in [0, 0.1) is 6.92 Å². The number of allylic oxidation sites excluding steroid dienone is 2. The van der Waals surface area contributed by atoms with Gasteiger partial charge in [-0.1, -0.05) is 59.8 Å². The fourth-order valence-corrected chi connectivity index (χ4v) is 3.92. The molecule has 134 valence electrons. The van der Waals surface area contributed by atoms with E-state index in [2.05, 4.69) is 5.32 Å². The molecule has 0 aliphatic carbocycles. The number of para-hydroxylation sites is 1. The maximum absolute atomic E-state index is 13.0. The van der Waals surface area contributed by atoms with Crippen molar-refractivity contribution >= 4 is 23.2 Å². The lowest BCUT2D eigenvalue weighted by molar-refractivity contribution is 0.104. The second-order valence-corrected chi connectivity index (χ2v) is 7.50. The Labute approximate surface area is 163 Å².